The van der Waals surface area contributed by atoms with Gasteiger partial charge in [-0.2, -0.15) is 19.9 Å². The number of thioether (sulfide) groups is 1. The number of H-pyrrole nitrogens is 1. The van der Waals surface area contributed by atoms with Gasteiger partial charge in [-0.05, 0) is 24.6 Å². The average molecular weight is 471 g/mol. The van der Waals surface area contributed by atoms with Crippen molar-refractivity contribution < 1.29 is 8.42 Å². The van der Waals surface area contributed by atoms with Crippen LogP contribution < -0.4 is 21.1 Å². The van der Waals surface area contributed by atoms with Crippen LogP contribution in [0.4, 0.5) is 23.8 Å². The topological polar surface area (TPSA) is 182 Å². The number of anilines is 4. The number of hydrogen-bond donors (Lipinski definition) is 4. The second-order valence-electron chi connectivity index (χ2n) is 6.29. The summed E-state index contributed by atoms with van der Waals surface area (Å²) in [6, 6.07) is 3.04. The first-order valence-corrected chi connectivity index (χ1v) is 11.2. The third-order valence-electron chi connectivity index (χ3n) is 3.69. The molecule has 0 fully saturated rings. The monoisotopic (exact) mass is 470 g/mol. The summed E-state index contributed by atoms with van der Waals surface area (Å²) >= 11 is 7.42. The number of rotatable bonds is 7. The zero-order chi connectivity index (χ0) is 22.1. The van der Waals surface area contributed by atoms with Crippen molar-refractivity contribution in [2.24, 2.45) is 0 Å². The van der Waals surface area contributed by atoms with E-state index in [1.807, 2.05) is 0 Å². The Hall–Kier alpha value is -2.84. The molecule has 1 aromatic carbocycles. The zero-order valence-electron chi connectivity index (χ0n) is 16.2. The third-order valence-corrected chi connectivity index (χ3v) is 6.64. The molecule has 2 heterocycles. The molecule has 0 aliphatic carbocycles. The average Bonchev–Trinajstić information content (AvgIpc) is 3.05. The number of aromatic nitrogens is 6. The second-order valence-corrected chi connectivity index (χ2v) is 9.37. The van der Waals surface area contributed by atoms with Crippen LogP contribution in [-0.2, 0) is 15.8 Å². The van der Waals surface area contributed by atoms with Crippen molar-refractivity contribution >= 4 is 57.2 Å². The Labute approximate surface area is 181 Å². The Kier molecular flexibility index (Phi) is 6.19. The molecule has 15 heteroatoms. The Morgan fingerprint density at radius 2 is 1.93 bits per heavy atom. The van der Waals surface area contributed by atoms with Crippen molar-refractivity contribution in [1.29, 1.82) is 0 Å². The van der Waals surface area contributed by atoms with Crippen molar-refractivity contribution in [3.05, 3.63) is 28.5 Å². The van der Waals surface area contributed by atoms with Crippen LogP contribution in [0.2, 0.25) is 5.02 Å². The highest BCUT2D eigenvalue weighted by atomic mass is 35.5. The Morgan fingerprint density at radius 1 is 1.20 bits per heavy atom. The van der Waals surface area contributed by atoms with Crippen molar-refractivity contribution in [2.75, 3.05) is 35.2 Å². The summed E-state index contributed by atoms with van der Waals surface area (Å²) in [6.45, 7) is 1.70. The second kappa shape index (κ2) is 8.49. The molecule has 0 bridgehead atoms. The van der Waals surface area contributed by atoms with Crippen LogP contribution in [0, 0.1) is 6.92 Å². The molecule has 0 saturated heterocycles. The normalized spacial score (nSPS) is 11.5. The van der Waals surface area contributed by atoms with E-state index in [4.69, 9.17) is 23.1 Å². The highest BCUT2D eigenvalue weighted by Crippen LogP contribution is 2.34. The van der Waals surface area contributed by atoms with Crippen LogP contribution in [0.15, 0.2) is 21.9 Å². The molecule has 0 saturated carbocycles. The molecule has 0 atom stereocenters. The van der Waals surface area contributed by atoms with E-state index >= 15 is 0 Å². The lowest BCUT2D eigenvalue weighted by Crippen LogP contribution is -2.16. The van der Waals surface area contributed by atoms with Gasteiger partial charge in [0.1, 0.15) is 10.7 Å². The highest BCUT2D eigenvalue weighted by Gasteiger charge is 2.23. The molecular formula is C15H19ClN10O2S2. The van der Waals surface area contributed by atoms with Crippen molar-refractivity contribution in [1.82, 2.24) is 30.1 Å². The minimum Gasteiger partial charge on any atom is -0.368 e. The molecule has 2 aromatic heterocycles. The van der Waals surface area contributed by atoms with Gasteiger partial charge in [-0.3, -0.25) is 0 Å². The molecule has 3 aromatic rings. The lowest BCUT2D eigenvalue weighted by molar-refractivity contribution is 0.598. The molecule has 12 nitrogen and oxygen atoms in total. The smallest absolute Gasteiger partial charge is 0.265 e. The molecule has 6 N–H and O–H groups in total. The SMILES string of the molecule is Cc1cc(S(=O)(=O)Nc2n[nH]c(N)n2)c(SCc2nc(N)nc(N(C)C)n2)cc1Cl. The lowest BCUT2D eigenvalue weighted by Gasteiger charge is -2.13. The Bertz CT molecular complexity index is 1180. The summed E-state index contributed by atoms with van der Waals surface area (Å²) < 4.78 is 28.2. The number of sulfonamides is 1. The number of halogens is 1. The number of nitrogens with zero attached hydrogens (tertiary/aromatic N) is 6. The van der Waals surface area contributed by atoms with E-state index in [0.29, 0.717) is 27.3 Å². The molecule has 0 unspecified atom stereocenters. The summed E-state index contributed by atoms with van der Waals surface area (Å²) in [5, 5.41) is 6.48. The first-order chi connectivity index (χ1) is 14.0. The Balaban J connectivity index is 1.92. The number of nitrogens with two attached hydrogens (primary N) is 2. The van der Waals surface area contributed by atoms with Gasteiger partial charge in [-0.1, -0.05) is 11.6 Å². The predicted molar refractivity (Wildman–Crippen MR) is 116 cm³/mol. The van der Waals surface area contributed by atoms with Crippen molar-refractivity contribution in [2.45, 2.75) is 22.5 Å². The van der Waals surface area contributed by atoms with Crippen LogP contribution in [0.25, 0.3) is 0 Å². The van der Waals surface area contributed by atoms with Gasteiger partial charge in [0, 0.05) is 24.0 Å². The Morgan fingerprint density at radius 3 is 2.57 bits per heavy atom. The zero-order valence-corrected chi connectivity index (χ0v) is 18.6. The van der Waals surface area contributed by atoms with Gasteiger partial charge in [0.05, 0.1) is 5.75 Å². The van der Waals surface area contributed by atoms with Crippen LogP contribution in [0.3, 0.4) is 0 Å². The van der Waals surface area contributed by atoms with Crippen LogP contribution in [0.5, 0.6) is 0 Å². The molecule has 0 amide bonds. The van der Waals surface area contributed by atoms with Gasteiger partial charge in [0.2, 0.25) is 17.8 Å². The molecule has 0 radical (unpaired) electrons. The lowest BCUT2D eigenvalue weighted by atomic mass is 10.2. The van der Waals surface area contributed by atoms with E-state index in [1.165, 1.54) is 17.8 Å². The first kappa shape index (κ1) is 21.9. The van der Waals surface area contributed by atoms with E-state index in [2.05, 4.69) is 34.9 Å². The van der Waals surface area contributed by atoms with Crippen LogP contribution in [-0.4, -0.2) is 52.6 Å². The summed E-state index contributed by atoms with van der Waals surface area (Å²) in [6.07, 6.45) is 0. The fraction of sp³-hybridized carbons (Fsp3) is 0.267. The van der Waals surface area contributed by atoms with Gasteiger partial charge >= 0.3 is 0 Å². The van der Waals surface area contributed by atoms with E-state index in [-0.39, 0.29) is 28.5 Å². The van der Waals surface area contributed by atoms with Crippen LogP contribution in [0.1, 0.15) is 11.4 Å². The van der Waals surface area contributed by atoms with Gasteiger partial charge in [0.15, 0.2) is 0 Å². The number of nitrogens with one attached hydrogen (secondary N) is 2. The number of benzene rings is 1. The first-order valence-electron chi connectivity index (χ1n) is 8.36. The fourth-order valence-electron chi connectivity index (χ4n) is 2.29. The molecule has 30 heavy (non-hydrogen) atoms. The molecular weight excluding hydrogens is 452 g/mol. The van der Waals surface area contributed by atoms with Crippen molar-refractivity contribution in [3.63, 3.8) is 0 Å². The predicted octanol–water partition coefficient (Wildman–Crippen LogP) is 1.28. The largest absolute Gasteiger partial charge is 0.368 e. The van der Waals surface area contributed by atoms with Gasteiger partial charge in [0.25, 0.3) is 16.0 Å². The minimum atomic E-state index is -4.02. The summed E-state index contributed by atoms with van der Waals surface area (Å²) in [4.78, 5) is 18.3. The summed E-state index contributed by atoms with van der Waals surface area (Å²) in [7, 11) is -0.469. The highest BCUT2D eigenvalue weighted by molar-refractivity contribution is 7.99. The van der Waals surface area contributed by atoms with Gasteiger partial charge < -0.3 is 16.4 Å². The summed E-state index contributed by atoms with van der Waals surface area (Å²) in [5.74, 6) is 0.921. The number of nitrogen functional groups attached to an aromatic ring is 2. The molecule has 0 aliphatic heterocycles. The maximum absolute atomic E-state index is 12.9. The maximum atomic E-state index is 12.9. The maximum Gasteiger partial charge on any atom is 0.265 e. The number of aromatic amines is 1. The van der Waals surface area contributed by atoms with Crippen molar-refractivity contribution in [3.8, 4) is 0 Å². The van der Waals surface area contributed by atoms with Gasteiger partial charge in [-0.15, -0.1) is 16.9 Å². The fourth-order valence-corrected chi connectivity index (χ4v) is 4.93. The third kappa shape index (κ3) is 5.01. The molecule has 3 rings (SSSR count). The standard InChI is InChI=1S/C15H19ClN10O2S2/c1-7-4-10(30(27,28)25-14-21-13(18)23-24-14)9(5-8(7)16)29-6-11-19-12(17)22-15(20-11)26(2)3/h4-5H,6H2,1-3H3,(H2,17,19,20,22)(H4,18,21,23,24,25). The number of hydrogen-bond acceptors (Lipinski definition) is 11. The quantitative estimate of drug-likeness (QED) is 0.365. The molecule has 0 spiro atoms. The van der Waals surface area contributed by atoms with Gasteiger partial charge in [-0.25, -0.2) is 18.2 Å². The number of aryl methyl sites for hydroxylation is 1. The van der Waals surface area contributed by atoms with E-state index in [1.54, 1.807) is 32.0 Å². The minimum absolute atomic E-state index is 0.00707. The molecule has 0 aliphatic rings. The van der Waals surface area contributed by atoms with E-state index in [0.717, 1.165) is 0 Å². The van der Waals surface area contributed by atoms with E-state index < -0.39 is 10.0 Å². The molecule has 160 valence electrons. The summed E-state index contributed by atoms with van der Waals surface area (Å²) in [5.41, 5.74) is 11.8. The van der Waals surface area contributed by atoms with Crippen LogP contribution >= 0.6 is 23.4 Å². The van der Waals surface area contributed by atoms with E-state index in [9.17, 15) is 8.42 Å².